The molecule has 0 saturated carbocycles. The average molecular weight is 256 g/mol. The van der Waals surface area contributed by atoms with Gasteiger partial charge in [0.15, 0.2) is 6.10 Å². The maximum Gasteiger partial charge on any atom is 0.508 e. The van der Waals surface area contributed by atoms with Crippen molar-refractivity contribution in [3.63, 3.8) is 0 Å². The first kappa shape index (κ1) is 13.1. The van der Waals surface area contributed by atoms with Crippen molar-refractivity contribution in [2.75, 3.05) is 7.11 Å². The van der Waals surface area contributed by atoms with E-state index < -0.39 is 12.3 Å². The van der Waals surface area contributed by atoms with Gasteiger partial charge in [-0.25, -0.2) is 4.79 Å². The molecule has 1 atom stereocenters. The smallest absolute Gasteiger partial charge is 0.438 e. The van der Waals surface area contributed by atoms with E-state index in [1.54, 1.807) is 0 Å². The molecule has 0 saturated heterocycles. The summed E-state index contributed by atoms with van der Waals surface area (Å²) >= 11 is 0. The van der Waals surface area contributed by atoms with Gasteiger partial charge >= 0.3 is 6.16 Å². The predicted molar refractivity (Wildman–Crippen MR) is 73.0 cm³/mol. The average Bonchev–Trinajstić information content (AvgIpc) is 2.46. The number of aryl methyl sites for hydroxylation is 1. The van der Waals surface area contributed by atoms with Crippen LogP contribution in [0.25, 0.3) is 0 Å². The van der Waals surface area contributed by atoms with Gasteiger partial charge in [0.05, 0.1) is 7.11 Å². The molecule has 0 heterocycles. The molecule has 2 rings (SSSR count). The highest BCUT2D eigenvalue weighted by Crippen LogP contribution is 2.26. The van der Waals surface area contributed by atoms with Crippen LogP contribution in [0.1, 0.15) is 22.8 Å². The van der Waals surface area contributed by atoms with E-state index >= 15 is 0 Å². The first-order chi connectivity index (χ1) is 9.20. The zero-order valence-electron chi connectivity index (χ0n) is 11.0. The van der Waals surface area contributed by atoms with E-state index in [0.29, 0.717) is 0 Å². The van der Waals surface area contributed by atoms with E-state index in [1.807, 2.05) is 61.5 Å². The van der Waals surface area contributed by atoms with E-state index in [-0.39, 0.29) is 0 Å². The van der Waals surface area contributed by atoms with Crippen LogP contribution >= 0.6 is 0 Å². The molecule has 3 nitrogen and oxygen atoms in total. The van der Waals surface area contributed by atoms with E-state index in [9.17, 15) is 4.79 Å². The number of benzene rings is 2. The first-order valence-corrected chi connectivity index (χ1v) is 6.07. The quantitative estimate of drug-likeness (QED) is 0.782. The molecule has 0 bridgehead atoms. The van der Waals surface area contributed by atoms with Crippen molar-refractivity contribution in [3.05, 3.63) is 71.3 Å². The second-order valence-electron chi connectivity index (χ2n) is 4.27. The van der Waals surface area contributed by atoms with Gasteiger partial charge in [-0.2, -0.15) is 0 Å². The van der Waals surface area contributed by atoms with Crippen LogP contribution in [0.2, 0.25) is 0 Å². The highest BCUT2D eigenvalue weighted by molar-refractivity contribution is 5.60. The van der Waals surface area contributed by atoms with Gasteiger partial charge in [0.1, 0.15) is 0 Å². The Morgan fingerprint density at radius 1 is 0.947 bits per heavy atom. The van der Waals surface area contributed by atoms with Gasteiger partial charge in [0, 0.05) is 0 Å². The summed E-state index contributed by atoms with van der Waals surface area (Å²) in [6.45, 7) is 2.02. The molecule has 0 spiro atoms. The van der Waals surface area contributed by atoms with Crippen molar-refractivity contribution in [3.8, 4) is 0 Å². The van der Waals surface area contributed by atoms with Crippen LogP contribution < -0.4 is 0 Å². The second-order valence-corrected chi connectivity index (χ2v) is 4.27. The summed E-state index contributed by atoms with van der Waals surface area (Å²) in [4.78, 5) is 11.4. The summed E-state index contributed by atoms with van der Waals surface area (Å²) in [5.74, 6) is 0. The minimum Gasteiger partial charge on any atom is -0.438 e. The number of carbonyl (C=O) groups is 1. The van der Waals surface area contributed by atoms with E-state index in [4.69, 9.17) is 4.74 Å². The molecule has 98 valence electrons. The van der Waals surface area contributed by atoms with Crippen LogP contribution in [-0.2, 0) is 9.47 Å². The standard InChI is InChI=1S/C16H16O3/c1-12-8-10-14(11-9-12)15(19-16(17)18-2)13-6-4-3-5-7-13/h3-11,15H,1-2H3. The number of carbonyl (C=O) groups excluding carboxylic acids is 1. The summed E-state index contributed by atoms with van der Waals surface area (Å²) < 4.78 is 9.94. The molecule has 0 aliphatic rings. The molecule has 19 heavy (non-hydrogen) atoms. The van der Waals surface area contributed by atoms with Crippen LogP contribution in [0.5, 0.6) is 0 Å². The van der Waals surface area contributed by atoms with Crippen molar-refractivity contribution in [1.82, 2.24) is 0 Å². The van der Waals surface area contributed by atoms with Crippen LogP contribution in [-0.4, -0.2) is 13.3 Å². The van der Waals surface area contributed by atoms with Gasteiger partial charge in [0.2, 0.25) is 0 Å². The third-order valence-corrected chi connectivity index (χ3v) is 2.86. The van der Waals surface area contributed by atoms with Crippen molar-refractivity contribution >= 4 is 6.16 Å². The third-order valence-electron chi connectivity index (χ3n) is 2.86. The molecule has 2 aromatic carbocycles. The molecule has 0 aliphatic carbocycles. The highest BCUT2D eigenvalue weighted by Gasteiger charge is 2.19. The zero-order chi connectivity index (χ0) is 13.7. The first-order valence-electron chi connectivity index (χ1n) is 6.07. The Labute approximate surface area is 112 Å². The van der Waals surface area contributed by atoms with Crippen molar-refractivity contribution in [2.24, 2.45) is 0 Å². The molecule has 0 aliphatic heterocycles. The van der Waals surface area contributed by atoms with Crippen LogP contribution in [0.15, 0.2) is 54.6 Å². The fourth-order valence-corrected chi connectivity index (χ4v) is 1.84. The summed E-state index contributed by atoms with van der Waals surface area (Å²) in [6.07, 6.45) is -1.14. The Balaban J connectivity index is 2.34. The highest BCUT2D eigenvalue weighted by atomic mass is 16.7. The lowest BCUT2D eigenvalue weighted by Crippen LogP contribution is -2.12. The number of rotatable bonds is 3. The van der Waals surface area contributed by atoms with Gasteiger partial charge in [0.25, 0.3) is 0 Å². The van der Waals surface area contributed by atoms with Crippen molar-refractivity contribution < 1.29 is 14.3 Å². The fraction of sp³-hybridized carbons (Fsp3) is 0.188. The largest absolute Gasteiger partial charge is 0.508 e. The van der Waals surface area contributed by atoms with Crippen LogP contribution in [0.4, 0.5) is 4.79 Å². The number of ether oxygens (including phenoxy) is 2. The number of hydrogen-bond acceptors (Lipinski definition) is 3. The monoisotopic (exact) mass is 256 g/mol. The van der Waals surface area contributed by atoms with E-state index in [2.05, 4.69) is 4.74 Å². The molecule has 2 aromatic rings. The molecule has 0 radical (unpaired) electrons. The normalized spacial score (nSPS) is 11.7. The second kappa shape index (κ2) is 6.05. The summed E-state index contributed by atoms with van der Waals surface area (Å²) in [5.41, 5.74) is 2.99. The van der Waals surface area contributed by atoms with Gasteiger partial charge in [-0.15, -0.1) is 0 Å². The minimum absolute atomic E-state index is 0.450. The Kier molecular flexibility index (Phi) is 4.18. The molecule has 0 amide bonds. The van der Waals surface area contributed by atoms with E-state index in [1.165, 1.54) is 7.11 Å². The molecule has 0 N–H and O–H groups in total. The summed E-state index contributed by atoms with van der Waals surface area (Å²) in [7, 11) is 1.31. The molecule has 0 aromatic heterocycles. The van der Waals surface area contributed by atoms with Crippen molar-refractivity contribution in [1.29, 1.82) is 0 Å². The Bertz CT molecular complexity index is 532. The Hall–Kier alpha value is -2.29. The van der Waals surface area contributed by atoms with Gasteiger partial charge in [-0.3, -0.25) is 0 Å². The lowest BCUT2D eigenvalue weighted by Gasteiger charge is -2.18. The molecule has 0 fully saturated rings. The Morgan fingerprint density at radius 3 is 2.11 bits per heavy atom. The lowest BCUT2D eigenvalue weighted by molar-refractivity contribution is 0.0498. The SMILES string of the molecule is COC(=O)OC(c1ccccc1)c1ccc(C)cc1. The molecular weight excluding hydrogens is 240 g/mol. The maximum atomic E-state index is 11.4. The third kappa shape index (κ3) is 3.35. The molecule has 3 heteroatoms. The number of methoxy groups -OCH3 is 1. The Morgan fingerprint density at radius 2 is 1.53 bits per heavy atom. The zero-order valence-corrected chi connectivity index (χ0v) is 11.0. The summed E-state index contributed by atoms with van der Waals surface area (Å²) in [5, 5.41) is 0. The van der Waals surface area contributed by atoms with Gasteiger partial charge in [-0.05, 0) is 18.1 Å². The van der Waals surface area contributed by atoms with Crippen molar-refractivity contribution in [2.45, 2.75) is 13.0 Å². The van der Waals surface area contributed by atoms with Crippen LogP contribution in [0, 0.1) is 6.92 Å². The summed E-state index contributed by atoms with van der Waals surface area (Å²) in [6, 6.07) is 17.5. The lowest BCUT2D eigenvalue weighted by atomic mass is 10.0. The van der Waals surface area contributed by atoms with E-state index in [0.717, 1.165) is 16.7 Å². The molecular formula is C16H16O3. The van der Waals surface area contributed by atoms with Gasteiger partial charge < -0.3 is 9.47 Å². The van der Waals surface area contributed by atoms with Gasteiger partial charge in [-0.1, -0.05) is 60.2 Å². The van der Waals surface area contributed by atoms with Crippen LogP contribution in [0.3, 0.4) is 0 Å². The topological polar surface area (TPSA) is 35.5 Å². The fourth-order valence-electron chi connectivity index (χ4n) is 1.84. The molecule has 1 unspecified atom stereocenters. The minimum atomic E-state index is -0.686. The predicted octanol–water partition coefficient (Wildman–Crippen LogP) is 3.87. The maximum absolute atomic E-state index is 11.4. The number of hydrogen-bond donors (Lipinski definition) is 0.